The van der Waals surface area contributed by atoms with E-state index in [2.05, 4.69) is 0 Å². The molecule has 35 heavy (non-hydrogen) atoms. The highest BCUT2D eigenvalue weighted by Gasteiger charge is 2.48. The maximum Gasteiger partial charge on any atom is 0.330 e. The summed E-state index contributed by atoms with van der Waals surface area (Å²) in [6.45, 7) is 6.05. The van der Waals surface area contributed by atoms with E-state index in [0.29, 0.717) is 38.0 Å². The van der Waals surface area contributed by atoms with Crippen molar-refractivity contribution in [1.82, 2.24) is 0 Å². The minimum atomic E-state index is -1.06. The Morgan fingerprint density at radius 1 is 1.06 bits per heavy atom. The first kappa shape index (κ1) is 29.7. The lowest BCUT2D eigenvalue weighted by atomic mass is 9.85. The molecule has 3 N–H and O–H groups in total. The number of aliphatic hydroxyl groups is 3. The summed E-state index contributed by atoms with van der Waals surface area (Å²) in [6.07, 6.45) is 4.29. The fourth-order valence-electron chi connectivity index (χ4n) is 4.58. The predicted octanol–water partition coefficient (Wildman–Crippen LogP) is 1.26. The Morgan fingerprint density at radius 2 is 1.71 bits per heavy atom. The van der Waals surface area contributed by atoms with Crippen LogP contribution in [-0.4, -0.2) is 77.1 Å². The Bertz CT molecular complexity index is 692. The summed E-state index contributed by atoms with van der Waals surface area (Å²) in [6, 6.07) is 0. The first-order valence-electron chi connectivity index (χ1n) is 12.9. The van der Waals surface area contributed by atoms with E-state index < -0.39 is 36.4 Å². The second-order valence-corrected chi connectivity index (χ2v) is 10.2. The molecule has 2 aliphatic heterocycles. The Morgan fingerprint density at radius 3 is 2.37 bits per heavy atom. The third-order valence-corrected chi connectivity index (χ3v) is 7.08. The van der Waals surface area contributed by atoms with Crippen LogP contribution in [-0.2, 0) is 23.8 Å². The third-order valence-electron chi connectivity index (χ3n) is 7.08. The molecule has 0 radical (unpaired) electrons. The fourth-order valence-corrected chi connectivity index (χ4v) is 4.58. The second-order valence-electron chi connectivity index (χ2n) is 10.2. The molecule has 1 unspecified atom stereocenters. The first-order valence-corrected chi connectivity index (χ1v) is 12.9. The van der Waals surface area contributed by atoms with Crippen LogP contribution in [0.25, 0.3) is 0 Å². The molecule has 0 spiro atoms. The zero-order valence-electron chi connectivity index (χ0n) is 21.3. The number of epoxide rings is 1. The van der Waals surface area contributed by atoms with Crippen LogP contribution in [0.2, 0.25) is 0 Å². The molecule has 0 aromatic heterocycles. The van der Waals surface area contributed by atoms with Gasteiger partial charge in [-0.2, -0.15) is 0 Å². The van der Waals surface area contributed by atoms with Gasteiger partial charge in [0.2, 0.25) is 0 Å². The molecule has 0 aliphatic carbocycles. The Balaban J connectivity index is 1.62. The predicted molar refractivity (Wildman–Crippen MR) is 126 cm³/mol. The zero-order valence-corrected chi connectivity index (χ0v) is 21.3. The van der Waals surface area contributed by atoms with Gasteiger partial charge in [0.1, 0.15) is 6.10 Å². The van der Waals surface area contributed by atoms with Gasteiger partial charge in [0.05, 0.1) is 43.7 Å². The Hall–Kier alpha value is -1.52. The van der Waals surface area contributed by atoms with Crippen molar-refractivity contribution in [2.24, 2.45) is 11.8 Å². The van der Waals surface area contributed by atoms with Crippen LogP contribution in [0.3, 0.4) is 0 Å². The van der Waals surface area contributed by atoms with Gasteiger partial charge in [0.25, 0.3) is 0 Å². The Kier molecular flexibility index (Phi) is 12.6. The minimum Gasteiger partial charge on any atom is -0.550 e. The highest BCUT2D eigenvalue weighted by atomic mass is 16.6. The summed E-state index contributed by atoms with van der Waals surface area (Å²) in [5.74, 6) is -1.68. The van der Waals surface area contributed by atoms with Crippen LogP contribution in [0.1, 0.15) is 78.6 Å². The number of hydrogen-bond donors (Lipinski definition) is 3. The third kappa shape index (κ3) is 10.6. The average Bonchev–Trinajstić information content (AvgIpc) is 3.55. The van der Waals surface area contributed by atoms with Crippen LogP contribution in [0, 0.1) is 11.8 Å². The second kappa shape index (κ2) is 14.9. The highest BCUT2D eigenvalue weighted by Crippen LogP contribution is 2.38. The van der Waals surface area contributed by atoms with E-state index in [1.807, 2.05) is 6.92 Å². The van der Waals surface area contributed by atoms with Crippen LogP contribution in [0.4, 0.5) is 0 Å². The van der Waals surface area contributed by atoms with Gasteiger partial charge in [0.15, 0.2) is 0 Å². The molecule has 2 rings (SSSR count). The van der Waals surface area contributed by atoms with E-state index in [1.165, 1.54) is 6.08 Å². The number of aliphatic carboxylic acids is 1. The van der Waals surface area contributed by atoms with Crippen LogP contribution >= 0.6 is 0 Å². The summed E-state index contributed by atoms with van der Waals surface area (Å²) in [5, 5.41) is 41.2. The lowest BCUT2D eigenvalue weighted by Crippen LogP contribution is -2.50. The molecule has 8 atom stereocenters. The first-order chi connectivity index (χ1) is 16.6. The molecule has 202 valence electrons. The smallest absolute Gasteiger partial charge is 0.330 e. The number of hydrogen-bond acceptors (Lipinski definition) is 9. The molecule has 2 fully saturated rings. The number of carbonyl (C=O) groups excluding carboxylic acids is 2. The van der Waals surface area contributed by atoms with Gasteiger partial charge >= 0.3 is 5.97 Å². The summed E-state index contributed by atoms with van der Waals surface area (Å²) < 4.78 is 16.7. The maximum atomic E-state index is 12.0. The average molecular weight is 500 g/mol. The lowest BCUT2D eigenvalue weighted by molar-refractivity contribution is -0.305. The van der Waals surface area contributed by atoms with Crippen molar-refractivity contribution in [2.75, 3.05) is 13.2 Å². The summed E-state index contributed by atoms with van der Waals surface area (Å²) in [7, 11) is 0. The maximum absolute atomic E-state index is 12.0. The van der Waals surface area contributed by atoms with Gasteiger partial charge in [-0.25, -0.2) is 4.79 Å². The van der Waals surface area contributed by atoms with Crippen molar-refractivity contribution in [3.05, 3.63) is 11.6 Å². The number of carboxylic acid groups (broad SMARTS) is 1. The monoisotopic (exact) mass is 499 g/mol. The number of aliphatic hydroxyl groups excluding tert-OH is 3. The van der Waals surface area contributed by atoms with E-state index >= 15 is 0 Å². The molecule has 0 aromatic carbocycles. The van der Waals surface area contributed by atoms with Gasteiger partial charge in [-0.3, -0.25) is 0 Å². The van der Waals surface area contributed by atoms with E-state index in [9.17, 15) is 30.0 Å². The molecule has 0 bridgehead atoms. The van der Waals surface area contributed by atoms with Gasteiger partial charge < -0.3 is 39.4 Å². The van der Waals surface area contributed by atoms with Crippen molar-refractivity contribution >= 4 is 11.9 Å². The summed E-state index contributed by atoms with van der Waals surface area (Å²) in [4.78, 5) is 22.4. The van der Waals surface area contributed by atoms with Crippen LogP contribution in [0.5, 0.6) is 0 Å². The molecular weight excluding hydrogens is 456 g/mol. The largest absolute Gasteiger partial charge is 0.550 e. The lowest BCUT2D eigenvalue weighted by Gasteiger charge is -2.38. The van der Waals surface area contributed by atoms with Gasteiger partial charge in [-0.15, -0.1) is 0 Å². The highest BCUT2D eigenvalue weighted by molar-refractivity contribution is 5.82. The number of carbonyl (C=O) groups is 2. The van der Waals surface area contributed by atoms with Gasteiger partial charge in [-0.1, -0.05) is 38.2 Å². The number of carboxylic acids is 1. The normalized spacial score (nSPS) is 30.5. The van der Waals surface area contributed by atoms with Crippen LogP contribution < -0.4 is 5.11 Å². The molecule has 2 saturated heterocycles. The molecule has 2 aliphatic rings. The molecule has 2 heterocycles. The van der Waals surface area contributed by atoms with E-state index in [-0.39, 0.29) is 30.5 Å². The quantitative estimate of drug-likeness (QED) is 0.123. The summed E-state index contributed by atoms with van der Waals surface area (Å²) in [5.41, 5.74) is 0.703. The standard InChI is InChI=1S/C26H44O9/c1-16(13-23(30)33-11-9-7-5-4-6-8-10-22(28)29)12-20-25(32)24(31)19(15-34-20)14-21-26(35-21)17(2)18(3)27/h13,17-21,24-27,31-32H,4-12,14-15H2,1-3H3,(H,28,29)/p-1/b16-13+/t17?,18-,19-,20-,21-,24+,25-,26+/m0/s1. The molecule has 9 nitrogen and oxygen atoms in total. The molecule has 0 saturated carbocycles. The molecule has 0 amide bonds. The number of ether oxygens (including phenoxy) is 3. The zero-order chi connectivity index (χ0) is 26.0. The minimum absolute atomic E-state index is 0.0141. The molecular formula is C26H43O9-. The van der Waals surface area contributed by atoms with Crippen molar-refractivity contribution in [1.29, 1.82) is 0 Å². The van der Waals surface area contributed by atoms with Crippen molar-refractivity contribution < 1.29 is 44.2 Å². The fraction of sp³-hybridized carbons (Fsp3) is 0.846. The summed E-state index contributed by atoms with van der Waals surface area (Å²) >= 11 is 0. The van der Waals surface area contributed by atoms with Crippen molar-refractivity contribution in [3.63, 3.8) is 0 Å². The van der Waals surface area contributed by atoms with E-state index in [0.717, 1.165) is 32.1 Å². The topological polar surface area (TPSA) is 149 Å². The molecule has 9 heteroatoms. The van der Waals surface area contributed by atoms with Crippen LogP contribution in [0.15, 0.2) is 11.6 Å². The van der Waals surface area contributed by atoms with Crippen molar-refractivity contribution in [3.8, 4) is 0 Å². The van der Waals surface area contributed by atoms with E-state index in [1.54, 1.807) is 13.8 Å². The molecule has 0 aromatic rings. The number of rotatable bonds is 16. The Labute approximate surface area is 208 Å². The number of esters is 1. The number of unbranched alkanes of at least 4 members (excludes halogenated alkanes) is 5. The van der Waals surface area contributed by atoms with E-state index in [4.69, 9.17) is 14.2 Å². The van der Waals surface area contributed by atoms with Crippen molar-refractivity contribution in [2.45, 2.75) is 115 Å². The van der Waals surface area contributed by atoms with Gasteiger partial charge in [-0.05, 0) is 46.0 Å². The van der Waals surface area contributed by atoms with Gasteiger partial charge in [0, 0.05) is 23.9 Å². The SMILES string of the molecule is C/C(=C\C(=O)OCCCCCCCCC(=O)[O-])C[C@@H]1OC[C@H](C[C@@H]2O[C@@H]2C(C)[C@H](C)O)[C@@H](O)[C@H]1O.